The van der Waals surface area contributed by atoms with E-state index in [9.17, 15) is 14.1 Å². The zero-order valence-electron chi connectivity index (χ0n) is 19.9. The largest absolute Gasteiger partial charge is 0.392 e. The summed E-state index contributed by atoms with van der Waals surface area (Å²) < 4.78 is 15.2. The molecule has 2 N–H and O–H groups in total. The lowest BCUT2D eigenvalue weighted by Gasteiger charge is -2.22. The molecule has 0 spiro atoms. The average Bonchev–Trinajstić information content (AvgIpc) is 3.27. The van der Waals surface area contributed by atoms with Gasteiger partial charge in [-0.3, -0.25) is 4.79 Å². The number of aryl methyl sites for hydroxylation is 1. The predicted molar refractivity (Wildman–Crippen MR) is 139 cm³/mol. The molecule has 1 amide bonds. The summed E-state index contributed by atoms with van der Waals surface area (Å²) in [4.78, 5) is 26.3. The van der Waals surface area contributed by atoms with Crippen molar-refractivity contribution in [2.75, 3.05) is 42.3 Å². The molecule has 1 aromatic heterocycles. The molecule has 35 heavy (non-hydrogen) atoms. The number of fused-ring (bicyclic) bond motifs is 2. The molecule has 2 atom stereocenters. The summed E-state index contributed by atoms with van der Waals surface area (Å²) in [5.41, 5.74) is 3.63. The molecule has 0 aliphatic carbocycles. The van der Waals surface area contributed by atoms with Crippen LogP contribution in [0.5, 0.6) is 0 Å². The van der Waals surface area contributed by atoms with Crippen LogP contribution in [0.1, 0.15) is 22.3 Å². The van der Waals surface area contributed by atoms with Crippen molar-refractivity contribution in [3.8, 4) is 0 Å². The number of hydrogen-bond donors (Lipinski definition) is 2. The lowest BCUT2D eigenvalue weighted by Crippen LogP contribution is -2.29. The molecule has 2 aliphatic rings. The second-order valence-corrected chi connectivity index (χ2v) is 11.2. The van der Waals surface area contributed by atoms with Gasteiger partial charge in [0.2, 0.25) is 5.95 Å². The van der Waals surface area contributed by atoms with E-state index in [1.807, 2.05) is 43.1 Å². The Balaban J connectivity index is 1.47. The summed E-state index contributed by atoms with van der Waals surface area (Å²) in [7, 11) is 0.864. The molecule has 3 aromatic rings. The number of nitrogens with zero attached hydrogens (tertiary/aromatic N) is 5. The molecule has 9 nitrogen and oxygen atoms in total. The molecule has 182 valence electrons. The third-order valence-corrected chi connectivity index (χ3v) is 8.64. The van der Waals surface area contributed by atoms with Crippen molar-refractivity contribution < 1.29 is 14.1 Å². The Morgan fingerprint density at radius 2 is 1.94 bits per heavy atom. The van der Waals surface area contributed by atoms with E-state index in [2.05, 4.69) is 16.2 Å². The molecule has 0 bridgehead atoms. The number of aliphatic hydroxyl groups excluding tert-OH is 1. The Morgan fingerprint density at radius 3 is 2.69 bits per heavy atom. The van der Waals surface area contributed by atoms with Gasteiger partial charge in [-0.15, -0.1) is 0 Å². The Morgan fingerprint density at radius 1 is 1.14 bits per heavy atom. The highest BCUT2D eigenvalue weighted by atomic mass is 32.2. The van der Waals surface area contributed by atoms with Crippen LogP contribution in [-0.4, -0.2) is 68.7 Å². The molecule has 3 heterocycles. The van der Waals surface area contributed by atoms with Gasteiger partial charge in [0.05, 0.1) is 33.3 Å². The monoisotopic (exact) mass is 492 g/mol. The van der Waals surface area contributed by atoms with Crippen LogP contribution in [0.25, 0.3) is 0 Å². The number of carbonyl (C=O) groups excluding carboxylic acids is 1. The summed E-state index contributed by atoms with van der Waals surface area (Å²) in [6.45, 7) is 2.83. The third kappa shape index (κ3) is 4.13. The second-order valence-electron chi connectivity index (χ2n) is 8.97. The maximum Gasteiger partial charge on any atom is 0.260 e. The quantitative estimate of drug-likeness (QED) is 0.540. The predicted octanol–water partition coefficient (Wildman–Crippen LogP) is 2.94. The van der Waals surface area contributed by atoms with Crippen LogP contribution in [0, 0.1) is 6.92 Å². The number of benzene rings is 2. The first kappa shape index (κ1) is 23.3. The highest BCUT2D eigenvalue weighted by Crippen LogP contribution is 2.38. The van der Waals surface area contributed by atoms with Gasteiger partial charge in [0.1, 0.15) is 5.69 Å². The first-order chi connectivity index (χ1) is 16.6. The fourth-order valence-electron chi connectivity index (χ4n) is 4.46. The van der Waals surface area contributed by atoms with Gasteiger partial charge >= 0.3 is 0 Å². The van der Waals surface area contributed by atoms with Gasteiger partial charge in [-0.2, -0.15) is 4.98 Å². The summed E-state index contributed by atoms with van der Waals surface area (Å²) in [5.74, 6) is 4.77. The molecule has 1 saturated heterocycles. The van der Waals surface area contributed by atoms with E-state index < -0.39 is 15.8 Å². The maximum atomic E-state index is 13.4. The number of carbonyl (C=O) groups is 1. The Bertz CT molecular complexity index is 1420. The van der Waals surface area contributed by atoms with Gasteiger partial charge in [-0.05, 0) is 49.5 Å². The summed E-state index contributed by atoms with van der Waals surface area (Å²) in [6.07, 6.45) is 1.72. The van der Waals surface area contributed by atoms with E-state index in [0.717, 1.165) is 11.3 Å². The summed E-state index contributed by atoms with van der Waals surface area (Å²) >= 11 is 0. The Hall–Kier alpha value is -3.47. The lowest BCUT2D eigenvalue weighted by atomic mass is 10.1. The molecule has 2 aromatic carbocycles. The molecule has 5 rings (SSSR count). The number of aliphatic hydroxyl groups is 1. The van der Waals surface area contributed by atoms with E-state index >= 15 is 0 Å². The van der Waals surface area contributed by atoms with Crippen LogP contribution in [0.15, 0.2) is 53.6 Å². The van der Waals surface area contributed by atoms with Crippen LogP contribution in [0.2, 0.25) is 0 Å². The Kier molecular flexibility index (Phi) is 5.74. The lowest BCUT2D eigenvalue weighted by molar-refractivity contribution is 0.0994. The normalized spacial score (nSPS) is 19.7. The first-order valence-electron chi connectivity index (χ1n) is 11.3. The van der Waals surface area contributed by atoms with Crippen LogP contribution < -0.4 is 15.1 Å². The van der Waals surface area contributed by atoms with Crippen molar-refractivity contribution in [2.24, 2.45) is 0 Å². The molecule has 10 heteroatoms. The minimum Gasteiger partial charge on any atom is -0.392 e. The topological polar surface area (TPSA) is 102 Å². The number of hydrogen-bond acceptors (Lipinski definition) is 7. The van der Waals surface area contributed by atoms with Crippen LogP contribution in [0.3, 0.4) is 0 Å². The van der Waals surface area contributed by atoms with Gasteiger partial charge in [0.25, 0.3) is 5.91 Å². The third-order valence-electron chi connectivity index (χ3n) is 6.48. The van der Waals surface area contributed by atoms with Gasteiger partial charge in [0.15, 0.2) is 5.82 Å². The Labute approximate surface area is 205 Å². The first-order valence-corrected chi connectivity index (χ1v) is 13.0. The highest BCUT2D eigenvalue weighted by Gasteiger charge is 2.30. The van der Waals surface area contributed by atoms with Crippen molar-refractivity contribution in [1.29, 1.82) is 0 Å². The smallest absolute Gasteiger partial charge is 0.260 e. The maximum absolute atomic E-state index is 13.4. The fourth-order valence-corrected chi connectivity index (χ4v) is 6.17. The highest BCUT2D eigenvalue weighted by molar-refractivity contribution is 7.98. The van der Waals surface area contributed by atoms with Crippen molar-refractivity contribution >= 4 is 50.3 Å². The molecule has 1 unspecified atom stereocenters. The molecule has 0 saturated carbocycles. The molecular formula is C25H28N6O3S. The van der Waals surface area contributed by atoms with Crippen molar-refractivity contribution in [2.45, 2.75) is 24.3 Å². The standard InChI is InChI=1S/C25H28N6O3S/c1-16-8-9-21-20(12-16)24(33)30(3)22-14-26-25(28-23(22)29(21)2)27-17-6-5-7-19(13-17)35(4,34)31-11-10-18(32)15-31/h5-9,12-14,18,32H,4,10-11,15H2,1-3H3,(H,26,27,28)/t18-,35?/m1/s1. The molecule has 2 aliphatic heterocycles. The van der Waals surface area contributed by atoms with Crippen LogP contribution in [0.4, 0.5) is 28.8 Å². The minimum absolute atomic E-state index is 0.122. The van der Waals surface area contributed by atoms with Crippen molar-refractivity contribution in [3.05, 3.63) is 59.8 Å². The second kappa shape index (κ2) is 8.63. The van der Waals surface area contributed by atoms with Crippen LogP contribution >= 0.6 is 0 Å². The number of anilines is 5. The number of β-amino-alcohol motifs (C(OH)–C–C–N with tert-alkyl or cyclic N) is 1. The number of nitrogens with one attached hydrogen (secondary N) is 1. The van der Waals surface area contributed by atoms with E-state index in [0.29, 0.717) is 53.1 Å². The van der Waals surface area contributed by atoms with E-state index in [-0.39, 0.29) is 5.91 Å². The number of aromatic nitrogens is 2. The average molecular weight is 493 g/mol. The van der Waals surface area contributed by atoms with Crippen LogP contribution in [-0.2, 0) is 9.71 Å². The summed E-state index contributed by atoms with van der Waals surface area (Å²) in [5, 5.41) is 13.0. The fraction of sp³-hybridized carbons (Fsp3) is 0.280. The zero-order valence-corrected chi connectivity index (χ0v) is 20.7. The molecular weight excluding hydrogens is 464 g/mol. The van der Waals surface area contributed by atoms with Gasteiger partial charge in [-0.25, -0.2) is 13.5 Å². The van der Waals surface area contributed by atoms with Crippen molar-refractivity contribution in [1.82, 2.24) is 14.3 Å². The van der Waals surface area contributed by atoms with Gasteiger partial charge < -0.3 is 20.2 Å². The van der Waals surface area contributed by atoms with Gasteiger partial charge in [-0.1, -0.05) is 17.7 Å². The SMILES string of the molecule is C=S(=O)(c1cccc(Nc2ncc3c(n2)N(C)c2ccc(C)cc2C(=O)N3C)c1)N1CC[C@@H](O)C1. The van der Waals surface area contributed by atoms with E-state index in [4.69, 9.17) is 4.98 Å². The minimum atomic E-state index is -2.72. The molecule has 0 radical (unpaired) electrons. The van der Waals surface area contributed by atoms with Gasteiger partial charge in [0, 0.05) is 37.8 Å². The van der Waals surface area contributed by atoms with E-state index in [1.165, 1.54) is 0 Å². The van der Waals surface area contributed by atoms with E-state index in [1.54, 1.807) is 40.6 Å². The molecule has 1 fully saturated rings. The number of rotatable bonds is 4. The zero-order chi connectivity index (χ0) is 24.9. The number of amides is 1. The van der Waals surface area contributed by atoms with Crippen molar-refractivity contribution in [3.63, 3.8) is 0 Å². The summed E-state index contributed by atoms with van der Waals surface area (Å²) in [6, 6.07) is 13.0.